The molecular formula is C36H44N6O5S3. The molecule has 2 N–H and O–H groups in total. The Balaban J connectivity index is 0.000000220. The van der Waals surface area contributed by atoms with Gasteiger partial charge in [-0.05, 0) is 50.2 Å². The molecule has 0 fully saturated rings. The Morgan fingerprint density at radius 2 is 1.24 bits per heavy atom. The maximum atomic E-state index is 12.7. The molecule has 4 heterocycles. The number of imidazole rings is 2. The van der Waals surface area contributed by atoms with Crippen LogP contribution in [0.15, 0.2) is 83.4 Å². The molecule has 1 atom stereocenters. The number of hydrogen-bond donors (Lipinski definition) is 2. The number of methoxy groups -OCH3 is 2. The third-order valence-electron chi connectivity index (χ3n) is 7.58. The van der Waals surface area contributed by atoms with Crippen LogP contribution in [-0.4, -0.2) is 74.8 Å². The Bertz CT molecular complexity index is 1900. The molecule has 4 aromatic heterocycles. The zero-order valence-electron chi connectivity index (χ0n) is 28.7. The first-order chi connectivity index (χ1) is 24.0. The van der Waals surface area contributed by atoms with Crippen LogP contribution >= 0.6 is 25.3 Å². The van der Waals surface area contributed by atoms with Crippen molar-refractivity contribution in [3.05, 3.63) is 95.6 Å². The minimum atomic E-state index is -1.30. The highest BCUT2D eigenvalue weighted by Crippen LogP contribution is 2.27. The fraction of sp³-hybridized carbons (Fsp3) is 0.333. The number of H-pyrrole nitrogens is 2. The summed E-state index contributed by atoms with van der Waals surface area (Å²) in [5.74, 6) is 2.70. The lowest BCUT2D eigenvalue weighted by atomic mass is 10.2. The van der Waals surface area contributed by atoms with Gasteiger partial charge in [0.25, 0.3) is 0 Å². The van der Waals surface area contributed by atoms with E-state index in [1.54, 1.807) is 38.4 Å². The summed E-state index contributed by atoms with van der Waals surface area (Å²) >= 11 is 1.65. The summed E-state index contributed by atoms with van der Waals surface area (Å²) in [5, 5.41) is 1.37. The Labute approximate surface area is 306 Å². The van der Waals surface area contributed by atoms with Gasteiger partial charge in [-0.15, -0.1) is 0 Å². The van der Waals surface area contributed by atoms with Crippen LogP contribution < -0.4 is 9.47 Å². The summed E-state index contributed by atoms with van der Waals surface area (Å²) in [5.41, 5.74) is 7.49. The van der Waals surface area contributed by atoms with Gasteiger partial charge in [0.1, 0.15) is 11.5 Å². The third-order valence-corrected chi connectivity index (χ3v) is 9.63. The fourth-order valence-electron chi connectivity index (χ4n) is 4.86. The van der Waals surface area contributed by atoms with Crippen LogP contribution in [0.1, 0.15) is 35.4 Å². The van der Waals surface area contributed by atoms with Gasteiger partial charge in [0, 0.05) is 69.5 Å². The number of thioether (sulfide) groups is 1. The average Bonchev–Trinajstić information content (AvgIpc) is 3.75. The Morgan fingerprint density at radius 1 is 0.700 bits per heavy atom. The zero-order chi connectivity index (χ0) is 34.4. The SMILES string of the molecule is COCCCOc1ccnc(CSc2nc3ccccc3[nH]2)c1C.COCCCOc1ccnc(C[S@](=O)c2nc3ccccc3[nH]2)c1C.S. The van der Waals surface area contributed by atoms with Gasteiger partial charge >= 0.3 is 0 Å². The molecule has 0 aliphatic rings. The minimum Gasteiger partial charge on any atom is -0.493 e. The topological polar surface area (TPSA) is 137 Å². The van der Waals surface area contributed by atoms with E-state index in [4.69, 9.17) is 18.9 Å². The summed E-state index contributed by atoms with van der Waals surface area (Å²) in [7, 11) is 2.07. The molecule has 0 amide bonds. The van der Waals surface area contributed by atoms with E-state index in [1.807, 2.05) is 74.5 Å². The molecule has 0 spiro atoms. The molecule has 0 saturated heterocycles. The van der Waals surface area contributed by atoms with Crippen LogP contribution in [0.25, 0.3) is 22.1 Å². The Hall–Kier alpha value is -3.95. The number of fused-ring (bicyclic) bond motifs is 2. The molecule has 0 saturated carbocycles. The van der Waals surface area contributed by atoms with Crippen molar-refractivity contribution in [3.63, 3.8) is 0 Å². The fourth-order valence-corrected chi connectivity index (χ4v) is 6.87. The van der Waals surface area contributed by atoms with Crippen molar-refractivity contribution in [1.29, 1.82) is 0 Å². The van der Waals surface area contributed by atoms with Gasteiger partial charge in [-0.2, -0.15) is 13.5 Å². The maximum absolute atomic E-state index is 12.7. The second-order valence-electron chi connectivity index (χ2n) is 11.0. The predicted molar refractivity (Wildman–Crippen MR) is 204 cm³/mol. The zero-order valence-corrected chi connectivity index (χ0v) is 31.4. The van der Waals surface area contributed by atoms with Crippen LogP contribution in [0.4, 0.5) is 0 Å². The Morgan fingerprint density at radius 3 is 1.82 bits per heavy atom. The summed E-state index contributed by atoms with van der Waals surface area (Å²) < 4.78 is 34.3. The number of rotatable bonds is 16. The number of nitrogens with one attached hydrogen (secondary N) is 2. The van der Waals surface area contributed by atoms with E-state index in [-0.39, 0.29) is 13.5 Å². The first kappa shape index (κ1) is 38.8. The number of ether oxygens (including phenoxy) is 4. The van der Waals surface area contributed by atoms with Crippen molar-refractivity contribution in [3.8, 4) is 11.5 Å². The predicted octanol–water partition coefficient (Wildman–Crippen LogP) is 7.08. The first-order valence-corrected chi connectivity index (χ1v) is 18.3. The largest absolute Gasteiger partial charge is 0.493 e. The normalized spacial score (nSPS) is 11.5. The minimum absolute atomic E-state index is 0. The van der Waals surface area contributed by atoms with Crippen molar-refractivity contribution in [2.45, 2.75) is 48.5 Å². The number of pyridine rings is 2. The summed E-state index contributed by atoms with van der Waals surface area (Å²) in [6.45, 7) is 6.57. The highest BCUT2D eigenvalue weighted by molar-refractivity contribution is 7.98. The van der Waals surface area contributed by atoms with Crippen molar-refractivity contribution < 1.29 is 23.2 Å². The van der Waals surface area contributed by atoms with E-state index in [0.717, 1.165) is 79.8 Å². The van der Waals surface area contributed by atoms with Crippen LogP contribution in [-0.2, 0) is 31.8 Å². The molecule has 2 aromatic carbocycles. The van der Waals surface area contributed by atoms with Crippen LogP contribution in [0, 0.1) is 13.8 Å². The monoisotopic (exact) mass is 736 g/mol. The van der Waals surface area contributed by atoms with E-state index < -0.39 is 10.8 Å². The van der Waals surface area contributed by atoms with E-state index in [0.29, 0.717) is 37.3 Å². The quantitative estimate of drug-likeness (QED) is 0.0784. The summed E-state index contributed by atoms with van der Waals surface area (Å²) in [6.07, 6.45) is 5.18. The van der Waals surface area contributed by atoms with Gasteiger partial charge in [-0.3, -0.25) is 14.2 Å². The van der Waals surface area contributed by atoms with E-state index >= 15 is 0 Å². The lowest BCUT2D eigenvalue weighted by Gasteiger charge is -2.11. The van der Waals surface area contributed by atoms with Gasteiger partial charge < -0.3 is 28.9 Å². The number of aromatic amines is 2. The number of benzene rings is 2. The summed E-state index contributed by atoms with van der Waals surface area (Å²) in [4.78, 5) is 24.3. The molecule has 0 aliphatic heterocycles. The second-order valence-corrected chi connectivity index (χ2v) is 13.4. The molecule has 0 radical (unpaired) electrons. The number of para-hydroxylation sites is 4. The molecular weight excluding hydrogens is 693 g/mol. The van der Waals surface area contributed by atoms with E-state index in [2.05, 4.69) is 29.9 Å². The Kier molecular flexibility index (Phi) is 15.6. The van der Waals surface area contributed by atoms with E-state index in [9.17, 15) is 4.21 Å². The van der Waals surface area contributed by atoms with Crippen LogP contribution in [0.2, 0.25) is 0 Å². The molecule has 6 aromatic rings. The van der Waals surface area contributed by atoms with Crippen molar-refractivity contribution >= 4 is 58.1 Å². The molecule has 14 heteroatoms. The number of aromatic nitrogens is 6. The lowest BCUT2D eigenvalue weighted by molar-refractivity contribution is 0.171. The van der Waals surface area contributed by atoms with Gasteiger partial charge in [0.05, 0.1) is 63.2 Å². The molecule has 50 heavy (non-hydrogen) atoms. The van der Waals surface area contributed by atoms with Gasteiger partial charge in [0.15, 0.2) is 10.3 Å². The molecule has 6 rings (SSSR count). The highest BCUT2D eigenvalue weighted by atomic mass is 32.2. The average molecular weight is 737 g/mol. The maximum Gasteiger partial charge on any atom is 0.197 e. The number of nitrogens with zero attached hydrogens (tertiary/aromatic N) is 4. The van der Waals surface area contributed by atoms with Gasteiger partial charge in [-0.25, -0.2) is 9.97 Å². The highest BCUT2D eigenvalue weighted by Gasteiger charge is 2.15. The van der Waals surface area contributed by atoms with E-state index in [1.165, 1.54) is 0 Å². The van der Waals surface area contributed by atoms with Crippen LogP contribution in [0.3, 0.4) is 0 Å². The number of hydrogen-bond acceptors (Lipinski definition) is 10. The van der Waals surface area contributed by atoms with Crippen molar-refractivity contribution in [1.82, 2.24) is 29.9 Å². The smallest absolute Gasteiger partial charge is 0.197 e. The molecule has 266 valence electrons. The van der Waals surface area contributed by atoms with Crippen LogP contribution in [0.5, 0.6) is 11.5 Å². The third kappa shape index (κ3) is 10.8. The molecule has 0 unspecified atom stereocenters. The summed E-state index contributed by atoms with van der Waals surface area (Å²) in [6, 6.07) is 19.4. The molecule has 0 aliphatic carbocycles. The van der Waals surface area contributed by atoms with Crippen molar-refractivity contribution in [2.75, 3.05) is 40.6 Å². The second kappa shape index (κ2) is 20.0. The van der Waals surface area contributed by atoms with Crippen molar-refractivity contribution in [2.24, 2.45) is 0 Å². The first-order valence-electron chi connectivity index (χ1n) is 16.0. The van der Waals surface area contributed by atoms with Gasteiger partial charge in [-0.1, -0.05) is 36.0 Å². The molecule has 11 nitrogen and oxygen atoms in total. The molecule has 0 bridgehead atoms. The standard InChI is InChI=1S/C18H21N3O3S.C18H21N3O2S.H2S/c1-13-16(19-9-8-17(13)24-11-5-10-23-2)12-25(22)18-20-14-6-3-4-7-15(14)21-18;1-13-16(19-9-8-17(13)23-11-5-10-22-2)12-24-18-20-14-6-3-4-7-15(14)21-18;/h3-4,6-9H,5,10-12H2,1-2H3,(H,20,21);3-4,6-9H,5,10-12H2,1-2H3,(H,20,21);1H2/t25-;;/m0../s1. The lowest BCUT2D eigenvalue weighted by Crippen LogP contribution is -2.06. The van der Waals surface area contributed by atoms with Gasteiger partial charge in [0.2, 0.25) is 0 Å².